The lowest BCUT2D eigenvalue weighted by Crippen LogP contribution is -2.18. The molecule has 1 aromatic rings. The second-order valence-electron chi connectivity index (χ2n) is 4.79. The number of nitrogens with one attached hydrogen (secondary N) is 1. The van der Waals surface area contributed by atoms with Crippen LogP contribution in [0.2, 0.25) is 0 Å². The molecule has 0 spiro atoms. The average molecular weight is 315 g/mol. The minimum absolute atomic E-state index is 0.351. The van der Waals surface area contributed by atoms with E-state index >= 15 is 0 Å². The van der Waals surface area contributed by atoms with Gasteiger partial charge in [-0.25, -0.2) is 4.98 Å². The molecule has 3 nitrogen and oxygen atoms in total. The van der Waals surface area contributed by atoms with Crippen molar-refractivity contribution in [1.82, 2.24) is 9.97 Å². The molecular formula is C12H15BrN2OS. The molecule has 0 radical (unpaired) electrons. The Morgan fingerprint density at radius 3 is 2.94 bits per heavy atom. The SMILES string of the molecule is CCc1[nH]c(C2CC3CCC2O3)nc(=S)c1Br. The molecule has 3 rings (SSSR count). The molecular weight excluding hydrogens is 300 g/mol. The maximum atomic E-state index is 5.88. The molecule has 17 heavy (non-hydrogen) atoms. The zero-order valence-electron chi connectivity index (χ0n) is 9.70. The number of hydrogen-bond donors (Lipinski definition) is 1. The fraction of sp³-hybridized carbons (Fsp3) is 0.667. The van der Waals surface area contributed by atoms with Crippen molar-refractivity contribution in [3.63, 3.8) is 0 Å². The van der Waals surface area contributed by atoms with E-state index in [0.717, 1.165) is 35.3 Å². The molecule has 0 saturated carbocycles. The third-order valence-corrected chi connectivity index (χ3v) is 5.18. The van der Waals surface area contributed by atoms with E-state index in [1.165, 1.54) is 6.42 Å². The molecule has 3 atom stereocenters. The lowest BCUT2D eigenvalue weighted by molar-refractivity contribution is 0.0998. The van der Waals surface area contributed by atoms with Crippen LogP contribution in [-0.2, 0) is 11.2 Å². The van der Waals surface area contributed by atoms with E-state index in [4.69, 9.17) is 17.0 Å². The Morgan fingerprint density at radius 1 is 1.53 bits per heavy atom. The van der Waals surface area contributed by atoms with Gasteiger partial charge in [-0.1, -0.05) is 19.1 Å². The predicted octanol–water partition coefficient (Wildman–Crippen LogP) is 3.50. The van der Waals surface area contributed by atoms with Gasteiger partial charge < -0.3 is 9.72 Å². The highest BCUT2D eigenvalue weighted by atomic mass is 79.9. The van der Waals surface area contributed by atoms with Gasteiger partial charge in [0, 0.05) is 11.6 Å². The molecule has 2 aliphatic heterocycles. The number of fused-ring (bicyclic) bond motifs is 2. The first kappa shape index (κ1) is 11.8. The average Bonchev–Trinajstić information content (AvgIpc) is 2.94. The van der Waals surface area contributed by atoms with Crippen molar-refractivity contribution in [2.24, 2.45) is 0 Å². The molecule has 2 aliphatic rings. The molecule has 5 heteroatoms. The Morgan fingerprint density at radius 2 is 2.35 bits per heavy atom. The molecule has 3 unspecified atom stereocenters. The Hall–Kier alpha value is -0.260. The van der Waals surface area contributed by atoms with Crippen LogP contribution in [0.1, 0.15) is 43.6 Å². The summed E-state index contributed by atoms with van der Waals surface area (Å²) in [6.07, 6.45) is 5.19. The first-order valence-electron chi connectivity index (χ1n) is 6.13. The number of rotatable bonds is 2. The maximum absolute atomic E-state index is 5.88. The summed E-state index contributed by atoms with van der Waals surface area (Å²) in [5.41, 5.74) is 1.14. The lowest BCUT2D eigenvalue weighted by atomic mass is 9.88. The van der Waals surface area contributed by atoms with E-state index in [0.29, 0.717) is 22.8 Å². The van der Waals surface area contributed by atoms with Crippen LogP contribution >= 0.6 is 28.1 Å². The Bertz CT molecular complexity index is 502. The van der Waals surface area contributed by atoms with Gasteiger partial charge in [-0.05, 0) is 41.6 Å². The molecule has 92 valence electrons. The maximum Gasteiger partial charge on any atom is 0.144 e. The van der Waals surface area contributed by atoms with Gasteiger partial charge in [0.15, 0.2) is 0 Å². The first-order chi connectivity index (χ1) is 8.19. The van der Waals surface area contributed by atoms with Crippen molar-refractivity contribution in [2.75, 3.05) is 0 Å². The minimum atomic E-state index is 0.351. The van der Waals surface area contributed by atoms with Gasteiger partial charge in [0.2, 0.25) is 0 Å². The molecule has 1 aromatic heterocycles. The van der Waals surface area contributed by atoms with Crippen LogP contribution in [0.4, 0.5) is 0 Å². The Kier molecular flexibility index (Phi) is 3.09. The number of hydrogen-bond acceptors (Lipinski definition) is 3. The van der Waals surface area contributed by atoms with E-state index in [9.17, 15) is 0 Å². The monoisotopic (exact) mass is 314 g/mol. The van der Waals surface area contributed by atoms with Crippen molar-refractivity contribution in [2.45, 2.75) is 50.7 Å². The third-order valence-electron chi connectivity index (χ3n) is 3.76. The normalized spacial score (nSPS) is 31.1. The molecule has 2 fully saturated rings. The van der Waals surface area contributed by atoms with E-state index in [-0.39, 0.29) is 0 Å². The second kappa shape index (κ2) is 4.44. The van der Waals surface area contributed by atoms with Crippen LogP contribution in [-0.4, -0.2) is 22.2 Å². The third kappa shape index (κ3) is 1.98. The van der Waals surface area contributed by atoms with Crippen LogP contribution in [0.15, 0.2) is 4.47 Å². The zero-order chi connectivity index (χ0) is 12.0. The van der Waals surface area contributed by atoms with Gasteiger partial charge in [-0.2, -0.15) is 0 Å². The highest BCUT2D eigenvalue weighted by molar-refractivity contribution is 9.10. The second-order valence-corrected chi connectivity index (χ2v) is 5.97. The highest BCUT2D eigenvalue weighted by Gasteiger charge is 2.42. The fourth-order valence-corrected chi connectivity index (χ4v) is 3.56. The van der Waals surface area contributed by atoms with Gasteiger partial charge in [-0.3, -0.25) is 0 Å². The summed E-state index contributed by atoms with van der Waals surface area (Å²) in [6.45, 7) is 2.12. The molecule has 3 heterocycles. The quantitative estimate of drug-likeness (QED) is 0.849. The largest absolute Gasteiger partial charge is 0.374 e. The number of halogens is 1. The van der Waals surface area contributed by atoms with Gasteiger partial charge in [0.1, 0.15) is 10.5 Å². The number of aromatic amines is 1. The van der Waals surface area contributed by atoms with Gasteiger partial charge in [0.05, 0.1) is 16.7 Å². The van der Waals surface area contributed by atoms with E-state index < -0.39 is 0 Å². The molecule has 0 aromatic carbocycles. The zero-order valence-corrected chi connectivity index (χ0v) is 12.1. The van der Waals surface area contributed by atoms with Crippen LogP contribution < -0.4 is 0 Å². The summed E-state index contributed by atoms with van der Waals surface area (Å²) in [5.74, 6) is 1.43. The lowest BCUT2D eigenvalue weighted by Gasteiger charge is -2.18. The predicted molar refractivity (Wildman–Crippen MR) is 71.8 cm³/mol. The standard InChI is InChI=1S/C12H15BrN2OS/c1-2-8-10(13)12(17)15-11(14-8)7-5-6-3-4-9(7)16-6/h6-7,9H,2-5H2,1H3,(H,14,15,17). The number of aryl methyl sites for hydroxylation is 1. The van der Waals surface area contributed by atoms with Crippen molar-refractivity contribution >= 4 is 28.1 Å². The summed E-state index contributed by atoms with van der Waals surface area (Å²) < 4.78 is 7.48. The van der Waals surface area contributed by atoms with Crippen LogP contribution in [0, 0.1) is 4.64 Å². The van der Waals surface area contributed by atoms with Gasteiger partial charge >= 0.3 is 0 Å². The van der Waals surface area contributed by atoms with Crippen LogP contribution in [0.5, 0.6) is 0 Å². The molecule has 0 aliphatic carbocycles. The molecule has 2 saturated heterocycles. The smallest absolute Gasteiger partial charge is 0.144 e. The highest BCUT2D eigenvalue weighted by Crippen LogP contribution is 2.43. The molecule has 1 N–H and O–H groups in total. The van der Waals surface area contributed by atoms with Crippen molar-refractivity contribution in [1.29, 1.82) is 0 Å². The van der Waals surface area contributed by atoms with Crippen molar-refractivity contribution in [3.8, 4) is 0 Å². The van der Waals surface area contributed by atoms with Crippen LogP contribution in [0.3, 0.4) is 0 Å². The Balaban J connectivity index is 1.98. The summed E-state index contributed by atoms with van der Waals surface area (Å²) >= 11 is 8.79. The topological polar surface area (TPSA) is 37.9 Å². The number of nitrogens with zero attached hydrogens (tertiary/aromatic N) is 1. The summed E-state index contributed by atoms with van der Waals surface area (Å²) in [7, 11) is 0. The summed E-state index contributed by atoms with van der Waals surface area (Å²) in [4.78, 5) is 7.94. The summed E-state index contributed by atoms with van der Waals surface area (Å²) in [5, 5.41) is 0. The minimum Gasteiger partial charge on any atom is -0.374 e. The molecule has 2 bridgehead atoms. The van der Waals surface area contributed by atoms with Gasteiger partial charge in [-0.15, -0.1) is 0 Å². The van der Waals surface area contributed by atoms with E-state index in [1.807, 2.05) is 0 Å². The first-order valence-corrected chi connectivity index (χ1v) is 7.33. The van der Waals surface area contributed by atoms with Crippen molar-refractivity contribution in [3.05, 3.63) is 20.6 Å². The Labute approximate surface area is 114 Å². The molecule has 0 amide bonds. The van der Waals surface area contributed by atoms with Crippen LogP contribution in [0.25, 0.3) is 0 Å². The summed E-state index contributed by atoms with van der Waals surface area (Å²) in [6, 6.07) is 0. The van der Waals surface area contributed by atoms with Crippen molar-refractivity contribution < 1.29 is 4.74 Å². The fourth-order valence-electron chi connectivity index (χ4n) is 2.87. The van der Waals surface area contributed by atoms with E-state index in [1.54, 1.807) is 0 Å². The number of ether oxygens (including phenoxy) is 1. The van der Waals surface area contributed by atoms with Gasteiger partial charge in [0.25, 0.3) is 0 Å². The number of H-pyrrole nitrogens is 1. The van der Waals surface area contributed by atoms with E-state index in [2.05, 4.69) is 32.8 Å². The number of aromatic nitrogens is 2.